The Morgan fingerprint density at radius 2 is 2.62 bits per heavy atom. The van der Waals surface area contributed by atoms with E-state index >= 15 is 0 Å². The van der Waals surface area contributed by atoms with Gasteiger partial charge in [-0.05, 0) is 0 Å². The molecule has 0 saturated heterocycles. The minimum Gasteiger partial charge on any atom is -0.481 e. The van der Waals surface area contributed by atoms with E-state index in [9.17, 15) is 9.18 Å². The van der Waals surface area contributed by atoms with Crippen LogP contribution in [0.5, 0.6) is 0 Å². The second kappa shape index (κ2) is 2.83. The minimum absolute atomic E-state index is 0.116. The third-order valence-corrected chi connectivity index (χ3v) is 2.16. The van der Waals surface area contributed by atoms with Gasteiger partial charge in [0.1, 0.15) is 6.17 Å². The highest BCUT2D eigenvalue weighted by atomic mass is 19.1. The second-order valence-electron chi connectivity index (χ2n) is 3.16. The van der Waals surface area contributed by atoms with Crippen molar-refractivity contribution in [3.05, 3.63) is 17.7 Å². The summed E-state index contributed by atoms with van der Waals surface area (Å²) in [7, 11) is 0. The smallest absolute Gasteiger partial charge is 0.309 e. The number of nitrogens with zero attached hydrogens (tertiary/aromatic N) is 2. The molecule has 5 heteroatoms. The summed E-state index contributed by atoms with van der Waals surface area (Å²) in [5.41, 5.74) is 1.22. The van der Waals surface area contributed by atoms with E-state index in [0.717, 1.165) is 5.69 Å². The maximum Gasteiger partial charge on any atom is 0.309 e. The summed E-state index contributed by atoms with van der Waals surface area (Å²) in [4.78, 5) is 14.3. The summed E-state index contributed by atoms with van der Waals surface area (Å²) in [6.45, 7) is 0.307. The van der Waals surface area contributed by atoms with Gasteiger partial charge in [0.15, 0.2) is 0 Å². The van der Waals surface area contributed by atoms with Crippen molar-refractivity contribution in [1.29, 1.82) is 0 Å². The number of imidazole rings is 1. The Morgan fingerprint density at radius 3 is 3.31 bits per heavy atom. The first-order valence-electron chi connectivity index (χ1n) is 4.05. The third-order valence-electron chi connectivity index (χ3n) is 2.16. The van der Waals surface area contributed by atoms with Gasteiger partial charge < -0.3 is 9.67 Å². The number of rotatable bonds is 2. The van der Waals surface area contributed by atoms with Crippen LogP contribution in [0.1, 0.15) is 11.4 Å². The van der Waals surface area contributed by atoms with Crippen molar-refractivity contribution >= 4 is 5.97 Å². The Hall–Kier alpha value is -1.39. The Labute approximate surface area is 74.0 Å². The lowest BCUT2D eigenvalue weighted by molar-refractivity contribution is -0.136. The summed E-state index contributed by atoms with van der Waals surface area (Å²) >= 11 is 0. The van der Waals surface area contributed by atoms with Crippen molar-refractivity contribution in [3.63, 3.8) is 0 Å². The van der Waals surface area contributed by atoms with Crippen molar-refractivity contribution in [2.45, 2.75) is 25.6 Å². The molecule has 0 spiro atoms. The zero-order valence-corrected chi connectivity index (χ0v) is 6.90. The number of aliphatic carboxylic acids is 1. The van der Waals surface area contributed by atoms with E-state index in [1.807, 2.05) is 0 Å². The first-order valence-corrected chi connectivity index (χ1v) is 4.05. The summed E-state index contributed by atoms with van der Waals surface area (Å²) in [5, 5.41) is 8.54. The highest BCUT2D eigenvalue weighted by Gasteiger charge is 2.24. The average molecular weight is 184 g/mol. The highest BCUT2D eigenvalue weighted by molar-refractivity contribution is 5.69. The molecule has 1 aromatic rings. The van der Waals surface area contributed by atoms with E-state index in [4.69, 9.17) is 5.11 Å². The molecule has 2 rings (SSSR count). The Balaban J connectivity index is 2.25. The quantitative estimate of drug-likeness (QED) is 0.724. The van der Waals surface area contributed by atoms with Crippen LogP contribution in [0.4, 0.5) is 4.39 Å². The highest BCUT2D eigenvalue weighted by Crippen LogP contribution is 2.20. The predicted octanol–water partition coefficient (Wildman–Crippen LogP) is 0.404. The molecule has 0 aromatic carbocycles. The molecule has 0 unspecified atom stereocenters. The maximum atomic E-state index is 12.9. The Bertz CT molecular complexity index is 348. The summed E-state index contributed by atoms with van der Waals surface area (Å²) in [6, 6.07) is 0. The number of alkyl halides is 1. The van der Waals surface area contributed by atoms with Crippen molar-refractivity contribution < 1.29 is 14.3 Å². The van der Waals surface area contributed by atoms with E-state index in [-0.39, 0.29) is 6.42 Å². The standard InChI is InChI=1S/C8H9FN2O2/c9-5-1-7-6(2-8(12)13)10-4-11(7)3-5/h4-5H,1-3H2,(H,12,13)/t5-/m0/s1. The van der Waals surface area contributed by atoms with Crippen molar-refractivity contribution in [2.75, 3.05) is 0 Å². The molecule has 2 heterocycles. The number of carboxylic acids is 1. The topological polar surface area (TPSA) is 55.1 Å². The normalized spacial score (nSPS) is 20.2. The lowest BCUT2D eigenvalue weighted by Gasteiger charge is -1.94. The molecule has 0 aliphatic carbocycles. The van der Waals surface area contributed by atoms with Gasteiger partial charge >= 0.3 is 5.97 Å². The number of halogens is 1. The first-order chi connectivity index (χ1) is 6.16. The molecular weight excluding hydrogens is 175 g/mol. The van der Waals surface area contributed by atoms with Gasteiger partial charge in [-0.15, -0.1) is 0 Å². The molecule has 0 bridgehead atoms. The Kier molecular flexibility index (Phi) is 1.79. The summed E-state index contributed by atoms with van der Waals surface area (Å²) in [5.74, 6) is -0.927. The van der Waals surface area contributed by atoms with E-state index in [0.29, 0.717) is 18.7 Å². The fourth-order valence-electron chi connectivity index (χ4n) is 1.62. The Morgan fingerprint density at radius 1 is 1.85 bits per heavy atom. The van der Waals surface area contributed by atoms with Crippen LogP contribution in [-0.2, 0) is 24.2 Å². The number of carboxylic acid groups (broad SMARTS) is 1. The van der Waals surface area contributed by atoms with Crippen LogP contribution in [0, 0.1) is 0 Å². The molecule has 1 aliphatic heterocycles. The van der Waals surface area contributed by atoms with Crippen LogP contribution in [0.25, 0.3) is 0 Å². The molecule has 0 radical (unpaired) electrons. The number of hydrogen-bond acceptors (Lipinski definition) is 2. The molecule has 0 amide bonds. The van der Waals surface area contributed by atoms with Crippen LogP contribution in [0.15, 0.2) is 6.33 Å². The monoisotopic (exact) mass is 184 g/mol. The lowest BCUT2D eigenvalue weighted by Crippen LogP contribution is -2.04. The molecule has 70 valence electrons. The molecule has 0 saturated carbocycles. The van der Waals surface area contributed by atoms with Crippen molar-refractivity contribution in [3.8, 4) is 0 Å². The van der Waals surface area contributed by atoms with Crippen LogP contribution in [-0.4, -0.2) is 26.8 Å². The third kappa shape index (κ3) is 1.41. The van der Waals surface area contributed by atoms with Gasteiger partial charge in [-0.3, -0.25) is 4.79 Å². The second-order valence-corrected chi connectivity index (χ2v) is 3.16. The fraction of sp³-hybridized carbons (Fsp3) is 0.500. The fourth-order valence-corrected chi connectivity index (χ4v) is 1.62. The van der Waals surface area contributed by atoms with E-state index in [1.165, 1.54) is 6.33 Å². The average Bonchev–Trinajstić information content (AvgIpc) is 2.51. The van der Waals surface area contributed by atoms with Gasteiger partial charge in [-0.2, -0.15) is 0 Å². The van der Waals surface area contributed by atoms with Crippen molar-refractivity contribution in [2.24, 2.45) is 0 Å². The largest absolute Gasteiger partial charge is 0.481 e. The molecule has 4 nitrogen and oxygen atoms in total. The molecule has 1 N–H and O–H groups in total. The van der Waals surface area contributed by atoms with Gasteiger partial charge in [0.25, 0.3) is 0 Å². The SMILES string of the molecule is O=C(O)Cc1ncn2c1C[C@H](F)C2. The number of carbonyl (C=O) groups is 1. The minimum atomic E-state index is -0.927. The molecule has 1 aromatic heterocycles. The number of aromatic nitrogens is 2. The first kappa shape index (κ1) is 8.22. The van der Waals surface area contributed by atoms with E-state index in [1.54, 1.807) is 4.57 Å². The molecule has 1 atom stereocenters. The predicted molar refractivity (Wildman–Crippen MR) is 42.2 cm³/mol. The van der Waals surface area contributed by atoms with Crippen LogP contribution in [0.3, 0.4) is 0 Å². The number of hydrogen-bond donors (Lipinski definition) is 1. The lowest BCUT2D eigenvalue weighted by atomic mass is 10.2. The summed E-state index contributed by atoms with van der Waals surface area (Å²) < 4.78 is 14.6. The molecular formula is C8H9FN2O2. The van der Waals surface area contributed by atoms with Crippen molar-refractivity contribution in [1.82, 2.24) is 9.55 Å². The number of fused-ring (bicyclic) bond motifs is 1. The summed E-state index contributed by atoms with van der Waals surface area (Å²) in [6.07, 6.45) is 0.802. The van der Waals surface area contributed by atoms with Crippen LogP contribution < -0.4 is 0 Å². The van der Waals surface area contributed by atoms with Gasteiger partial charge in [0, 0.05) is 12.1 Å². The van der Waals surface area contributed by atoms with Crippen LogP contribution in [0.2, 0.25) is 0 Å². The van der Waals surface area contributed by atoms with Gasteiger partial charge in [-0.1, -0.05) is 0 Å². The van der Waals surface area contributed by atoms with Gasteiger partial charge in [-0.25, -0.2) is 9.37 Å². The van der Waals surface area contributed by atoms with E-state index < -0.39 is 12.1 Å². The maximum absolute atomic E-state index is 12.9. The molecule has 1 aliphatic rings. The molecule has 13 heavy (non-hydrogen) atoms. The zero-order valence-electron chi connectivity index (χ0n) is 6.90. The molecule has 0 fully saturated rings. The van der Waals surface area contributed by atoms with E-state index in [2.05, 4.69) is 4.98 Å². The van der Waals surface area contributed by atoms with Gasteiger partial charge in [0.2, 0.25) is 0 Å². The van der Waals surface area contributed by atoms with Crippen LogP contribution >= 0.6 is 0 Å². The zero-order chi connectivity index (χ0) is 9.42. The van der Waals surface area contributed by atoms with Gasteiger partial charge in [0.05, 0.1) is 25.0 Å².